The van der Waals surface area contributed by atoms with Crippen molar-refractivity contribution in [3.63, 3.8) is 0 Å². The molecule has 3 rings (SSSR count). The van der Waals surface area contributed by atoms with Crippen molar-refractivity contribution in [2.24, 2.45) is 4.99 Å². The van der Waals surface area contributed by atoms with Crippen molar-refractivity contribution in [1.82, 2.24) is 19.8 Å². The Morgan fingerprint density at radius 3 is 2.93 bits per heavy atom. The first-order valence-corrected chi connectivity index (χ1v) is 9.51. The molecule has 1 aromatic heterocycles. The molecule has 0 radical (unpaired) electrons. The lowest BCUT2D eigenvalue weighted by molar-refractivity contribution is -0.00835. The van der Waals surface area contributed by atoms with E-state index in [9.17, 15) is 8.78 Å². The summed E-state index contributed by atoms with van der Waals surface area (Å²) in [6.07, 6.45) is 2.59. The summed E-state index contributed by atoms with van der Waals surface area (Å²) >= 11 is 0. The van der Waals surface area contributed by atoms with Crippen LogP contribution in [0.25, 0.3) is 0 Å². The maximum absolute atomic E-state index is 13.0. The van der Waals surface area contributed by atoms with E-state index < -0.39 is 6.55 Å². The minimum atomic E-state index is -2.62. The third kappa shape index (κ3) is 4.67. The molecule has 0 bridgehead atoms. The van der Waals surface area contributed by atoms with Crippen LogP contribution in [0.4, 0.5) is 8.78 Å². The van der Waals surface area contributed by atoms with E-state index in [1.165, 1.54) is 29.1 Å². The van der Waals surface area contributed by atoms with Gasteiger partial charge in [-0.3, -0.25) is 4.57 Å². The summed E-state index contributed by atoms with van der Waals surface area (Å²) in [5, 5.41) is 3.26. The Bertz CT molecular complexity index is 821. The second-order valence-corrected chi connectivity index (χ2v) is 6.86. The molecule has 1 atom stereocenters. The van der Waals surface area contributed by atoms with Crippen LogP contribution in [0.2, 0.25) is 0 Å². The molecule has 6 nitrogen and oxygen atoms in total. The summed E-state index contributed by atoms with van der Waals surface area (Å²) in [4.78, 5) is 10.7. The third-order valence-electron chi connectivity index (χ3n) is 4.80. The predicted octanol–water partition coefficient (Wildman–Crippen LogP) is 3.43. The van der Waals surface area contributed by atoms with E-state index >= 15 is 0 Å². The van der Waals surface area contributed by atoms with Crippen LogP contribution < -0.4 is 5.32 Å². The van der Waals surface area contributed by atoms with Crippen molar-refractivity contribution >= 4 is 5.96 Å². The number of alkyl halides is 2. The monoisotopic (exact) mass is 391 g/mol. The van der Waals surface area contributed by atoms with Gasteiger partial charge in [0.1, 0.15) is 18.5 Å². The topological polar surface area (TPSA) is 54.7 Å². The van der Waals surface area contributed by atoms with Gasteiger partial charge in [-0.25, -0.2) is 9.98 Å². The summed E-state index contributed by atoms with van der Waals surface area (Å²) in [6.45, 7) is 6.23. The van der Waals surface area contributed by atoms with Crippen LogP contribution in [0.3, 0.4) is 0 Å². The number of imidazole rings is 1. The van der Waals surface area contributed by atoms with Crippen LogP contribution in [-0.4, -0.2) is 46.7 Å². The van der Waals surface area contributed by atoms with Gasteiger partial charge in [0.25, 0.3) is 0 Å². The number of aryl methyl sites for hydroxylation is 2. The van der Waals surface area contributed by atoms with Gasteiger partial charge >= 0.3 is 6.55 Å². The van der Waals surface area contributed by atoms with Crippen LogP contribution in [0.5, 0.6) is 0 Å². The number of hydrogen-bond acceptors (Lipinski definition) is 3. The Labute approximate surface area is 164 Å². The Morgan fingerprint density at radius 1 is 1.39 bits per heavy atom. The fourth-order valence-corrected chi connectivity index (χ4v) is 3.43. The first kappa shape index (κ1) is 20.3. The molecule has 1 aliphatic rings. The number of rotatable bonds is 5. The molecular weight excluding hydrogens is 364 g/mol. The van der Waals surface area contributed by atoms with Crippen LogP contribution in [-0.2, 0) is 11.3 Å². The SMILES string of the molecule is CCNC(=NCc1nccn1C(F)F)N1CCOC(c2ccc(C)cc2C)C1. The maximum Gasteiger partial charge on any atom is 0.319 e. The lowest BCUT2D eigenvalue weighted by Gasteiger charge is -2.36. The number of nitrogens with zero attached hydrogens (tertiary/aromatic N) is 4. The second kappa shape index (κ2) is 9.14. The van der Waals surface area contributed by atoms with Crippen molar-refractivity contribution in [2.45, 2.75) is 40.0 Å². The van der Waals surface area contributed by atoms with E-state index in [0.717, 1.165) is 4.57 Å². The van der Waals surface area contributed by atoms with Crippen molar-refractivity contribution in [2.75, 3.05) is 26.2 Å². The van der Waals surface area contributed by atoms with E-state index in [0.29, 0.717) is 32.2 Å². The molecule has 0 amide bonds. The summed E-state index contributed by atoms with van der Waals surface area (Å²) in [7, 11) is 0. The molecule has 1 N–H and O–H groups in total. The zero-order chi connectivity index (χ0) is 20.1. The van der Waals surface area contributed by atoms with Gasteiger partial charge in [-0.15, -0.1) is 0 Å². The van der Waals surface area contributed by atoms with Crippen LogP contribution in [0, 0.1) is 13.8 Å². The second-order valence-electron chi connectivity index (χ2n) is 6.86. The van der Waals surface area contributed by atoms with Gasteiger partial charge < -0.3 is 15.0 Å². The highest BCUT2D eigenvalue weighted by atomic mass is 19.3. The Kier molecular flexibility index (Phi) is 6.61. The maximum atomic E-state index is 13.0. The predicted molar refractivity (Wildman–Crippen MR) is 104 cm³/mol. The smallest absolute Gasteiger partial charge is 0.319 e. The average molecular weight is 391 g/mol. The molecule has 1 saturated heterocycles. The van der Waals surface area contributed by atoms with E-state index in [1.54, 1.807) is 0 Å². The molecule has 1 aliphatic heterocycles. The van der Waals surface area contributed by atoms with Gasteiger partial charge in [-0.05, 0) is 31.9 Å². The van der Waals surface area contributed by atoms with Crippen LogP contribution in [0.1, 0.15) is 42.1 Å². The van der Waals surface area contributed by atoms with Crippen LogP contribution >= 0.6 is 0 Å². The average Bonchev–Trinajstić information content (AvgIpc) is 3.14. The summed E-state index contributed by atoms with van der Waals surface area (Å²) in [6, 6.07) is 6.36. The van der Waals surface area contributed by atoms with Crippen molar-refractivity contribution in [3.8, 4) is 0 Å². The highest BCUT2D eigenvalue weighted by molar-refractivity contribution is 5.80. The number of morpholine rings is 1. The lowest BCUT2D eigenvalue weighted by Crippen LogP contribution is -2.48. The summed E-state index contributed by atoms with van der Waals surface area (Å²) in [5.41, 5.74) is 3.59. The molecule has 152 valence electrons. The van der Waals surface area contributed by atoms with Gasteiger partial charge in [0.2, 0.25) is 0 Å². The Balaban J connectivity index is 1.76. The van der Waals surface area contributed by atoms with Gasteiger partial charge in [0.15, 0.2) is 5.96 Å². The fraction of sp³-hybridized carbons (Fsp3) is 0.500. The molecule has 1 unspecified atom stereocenters. The molecular formula is C20H27F2N5O. The minimum absolute atomic E-state index is 0.0544. The standard InChI is InChI=1S/C20H27F2N5O/c1-4-23-20(25-12-18-24-7-8-27(18)19(21)22)26-9-10-28-17(13-26)16-6-5-14(2)11-15(16)3/h5-8,11,17,19H,4,9-10,12-13H2,1-3H3,(H,23,25). The quantitative estimate of drug-likeness (QED) is 0.627. The van der Waals surface area contributed by atoms with Crippen molar-refractivity contribution in [1.29, 1.82) is 0 Å². The zero-order valence-electron chi connectivity index (χ0n) is 16.5. The van der Waals surface area contributed by atoms with Gasteiger partial charge in [-0.1, -0.05) is 23.8 Å². The molecule has 28 heavy (non-hydrogen) atoms. The van der Waals surface area contributed by atoms with Gasteiger partial charge in [-0.2, -0.15) is 8.78 Å². The van der Waals surface area contributed by atoms with E-state index in [2.05, 4.69) is 52.2 Å². The number of benzene rings is 1. The summed E-state index contributed by atoms with van der Waals surface area (Å²) < 4.78 is 32.9. The number of hydrogen-bond donors (Lipinski definition) is 1. The normalized spacial score (nSPS) is 18.0. The first-order valence-electron chi connectivity index (χ1n) is 9.51. The highest BCUT2D eigenvalue weighted by Crippen LogP contribution is 2.26. The van der Waals surface area contributed by atoms with Gasteiger partial charge in [0.05, 0.1) is 13.2 Å². The highest BCUT2D eigenvalue weighted by Gasteiger charge is 2.25. The zero-order valence-corrected chi connectivity index (χ0v) is 16.5. The first-order chi connectivity index (χ1) is 13.5. The molecule has 2 aromatic rings. The number of ether oxygens (including phenoxy) is 1. The number of halogens is 2. The lowest BCUT2D eigenvalue weighted by atomic mass is 10.00. The number of aromatic nitrogens is 2. The van der Waals surface area contributed by atoms with Gasteiger partial charge in [0, 0.05) is 25.5 Å². The number of nitrogens with one attached hydrogen (secondary N) is 1. The Hall–Kier alpha value is -2.48. The van der Waals surface area contributed by atoms with Crippen molar-refractivity contribution in [3.05, 3.63) is 53.1 Å². The summed E-state index contributed by atoms with van der Waals surface area (Å²) in [5.74, 6) is 0.925. The number of aliphatic imine (C=N–C) groups is 1. The van der Waals surface area contributed by atoms with E-state index in [-0.39, 0.29) is 18.5 Å². The fourth-order valence-electron chi connectivity index (χ4n) is 3.43. The van der Waals surface area contributed by atoms with Crippen LogP contribution in [0.15, 0.2) is 35.6 Å². The van der Waals surface area contributed by atoms with E-state index in [1.807, 2.05) is 6.92 Å². The molecule has 1 fully saturated rings. The minimum Gasteiger partial charge on any atom is -0.370 e. The largest absolute Gasteiger partial charge is 0.370 e. The molecule has 0 spiro atoms. The molecule has 1 aromatic carbocycles. The molecule has 8 heteroatoms. The molecule has 0 aliphatic carbocycles. The molecule has 0 saturated carbocycles. The number of guanidine groups is 1. The Morgan fingerprint density at radius 2 is 2.21 bits per heavy atom. The third-order valence-corrected chi connectivity index (χ3v) is 4.80. The van der Waals surface area contributed by atoms with E-state index in [4.69, 9.17) is 4.74 Å². The van der Waals surface area contributed by atoms with Crippen molar-refractivity contribution < 1.29 is 13.5 Å². The molecule has 2 heterocycles.